The van der Waals surface area contributed by atoms with Crippen molar-refractivity contribution in [1.29, 1.82) is 0 Å². The van der Waals surface area contributed by atoms with Gasteiger partial charge in [-0.1, -0.05) is 27.7 Å². The molecule has 4 nitrogen and oxygen atoms in total. The van der Waals surface area contributed by atoms with Crippen molar-refractivity contribution in [3.63, 3.8) is 0 Å². The van der Waals surface area contributed by atoms with E-state index in [4.69, 9.17) is 0 Å². The second kappa shape index (κ2) is 6.63. The number of hydrogen-bond donors (Lipinski definition) is 1. The highest BCUT2D eigenvalue weighted by atomic mass is 15.3. The van der Waals surface area contributed by atoms with Crippen LogP contribution in [0.3, 0.4) is 0 Å². The van der Waals surface area contributed by atoms with E-state index in [9.17, 15) is 0 Å². The number of aromatic nitrogens is 3. The van der Waals surface area contributed by atoms with Crippen LogP contribution < -0.4 is 5.32 Å². The Balaban J connectivity index is 2.44. The standard InChI is InChI=1S/C12H24N4/c1-5-11(6-2)16-9-14-12(15-16)8-13-7-10(3)4/h9-11,13H,5-8H2,1-4H3. The first kappa shape index (κ1) is 13.2. The smallest absolute Gasteiger partial charge is 0.164 e. The first-order valence-corrected chi connectivity index (χ1v) is 6.28. The molecule has 0 fully saturated rings. The molecule has 1 N–H and O–H groups in total. The highest BCUT2D eigenvalue weighted by Crippen LogP contribution is 2.13. The summed E-state index contributed by atoms with van der Waals surface area (Å²) >= 11 is 0. The summed E-state index contributed by atoms with van der Waals surface area (Å²) in [4.78, 5) is 4.32. The minimum Gasteiger partial charge on any atom is -0.310 e. The first-order chi connectivity index (χ1) is 7.67. The predicted octanol–water partition coefficient (Wildman–Crippen LogP) is 2.38. The van der Waals surface area contributed by atoms with Crippen LogP contribution in [0, 0.1) is 5.92 Å². The second-order valence-corrected chi connectivity index (χ2v) is 4.64. The molecule has 0 bridgehead atoms. The molecule has 1 aromatic rings. The molecule has 0 radical (unpaired) electrons. The Morgan fingerprint density at radius 1 is 1.31 bits per heavy atom. The summed E-state index contributed by atoms with van der Waals surface area (Å²) in [6.45, 7) is 10.6. The van der Waals surface area contributed by atoms with Gasteiger partial charge in [0, 0.05) is 0 Å². The third-order valence-corrected chi connectivity index (χ3v) is 2.71. The Morgan fingerprint density at radius 2 is 2.00 bits per heavy atom. The summed E-state index contributed by atoms with van der Waals surface area (Å²) in [5, 5.41) is 7.84. The Morgan fingerprint density at radius 3 is 2.56 bits per heavy atom. The molecule has 0 aliphatic rings. The zero-order valence-corrected chi connectivity index (χ0v) is 10.9. The lowest BCUT2D eigenvalue weighted by atomic mass is 10.2. The van der Waals surface area contributed by atoms with Crippen molar-refractivity contribution >= 4 is 0 Å². The van der Waals surface area contributed by atoms with Gasteiger partial charge in [0.2, 0.25) is 0 Å². The first-order valence-electron chi connectivity index (χ1n) is 6.28. The summed E-state index contributed by atoms with van der Waals surface area (Å²) in [7, 11) is 0. The summed E-state index contributed by atoms with van der Waals surface area (Å²) in [6.07, 6.45) is 4.07. The van der Waals surface area contributed by atoms with Crippen LogP contribution in [0.15, 0.2) is 6.33 Å². The van der Waals surface area contributed by atoms with Gasteiger partial charge >= 0.3 is 0 Å². The van der Waals surface area contributed by atoms with E-state index in [-0.39, 0.29) is 0 Å². The van der Waals surface area contributed by atoms with E-state index in [0.29, 0.717) is 12.0 Å². The van der Waals surface area contributed by atoms with Crippen LogP contribution in [0.2, 0.25) is 0 Å². The Labute approximate surface area is 98.5 Å². The molecule has 0 spiro atoms. The monoisotopic (exact) mass is 224 g/mol. The van der Waals surface area contributed by atoms with Crippen molar-refractivity contribution in [3.05, 3.63) is 12.2 Å². The quantitative estimate of drug-likeness (QED) is 0.773. The van der Waals surface area contributed by atoms with E-state index in [2.05, 4.69) is 43.1 Å². The fraction of sp³-hybridized carbons (Fsp3) is 0.833. The van der Waals surface area contributed by atoms with E-state index in [1.807, 2.05) is 11.0 Å². The molecule has 1 rings (SSSR count). The molecule has 0 amide bonds. The van der Waals surface area contributed by atoms with Crippen molar-refractivity contribution in [1.82, 2.24) is 20.1 Å². The molecule has 16 heavy (non-hydrogen) atoms. The van der Waals surface area contributed by atoms with Crippen LogP contribution in [-0.2, 0) is 6.54 Å². The third-order valence-electron chi connectivity index (χ3n) is 2.71. The predicted molar refractivity (Wildman–Crippen MR) is 66.2 cm³/mol. The molecular weight excluding hydrogens is 200 g/mol. The van der Waals surface area contributed by atoms with Crippen LogP contribution in [0.4, 0.5) is 0 Å². The van der Waals surface area contributed by atoms with Gasteiger partial charge in [-0.3, -0.25) is 0 Å². The highest BCUT2D eigenvalue weighted by Gasteiger charge is 2.08. The van der Waals surface area contributed by atoms with Gasteiger partial charge in [0.15, 0.2) is 5.82 Å². The average molecular weight is 224 g/mol. The average Bonchev–Trinajstić information content (AvgIpc) is 2.68. The number of nitrogens with one attached hydrogen (secondary N) is 1. The van der Waals surface area contributed by atoms with E-state index in [1.165, 1.54) is 0 Å². The molecule has 0 saturated heterocycles. The lowest BCUT2D eigenvalue weighted by Crippen LogP contribution is -2.20. The van der Waals surface area contributed by atoms with Crippen molar-refractivity contribution in [2.45, 2.75) is 53.1 Å². The van der Waals surface area contributed by atoms with Gasteiger partial charge in [-0.2, -0.15) is 5.10 Å². The molecular formula is C12H24N4. The number of rotatable bonds is 7. The van der Waals surface area contributed by atoms with Crippen molar-refractivity contribution in [2.75, 3.05) is 6.54 Å². The van der Waals surface area contributed by atoms with Gasteiger partial charge in [-0.05, 0) is 25.3 Å². The van der Waals surface area contributed by atoms with Gasteiger partial charge in [-0.25, -0.2) is 9.67 Å². The largest absolute Gasteiger partial charge is 0.310 e. The summed E-state index contributed by atoms with van der Waals surface area (Å²) in [5.74, 6) is 1.56. The normalized spacial score (nSPS) is 11.6. The Hall–Kier alpha value is -0.900. The molecule has 0 unspecified atom stereocenters. The Kier molecular flexibility index (Phi) is 5.46. The molecule has 0 aliphatic heterocycles. The minimum atomic E-state index is 0.492. The topological polar surface area (TPSA) is 42.7 Å². The molecule has 0 atom stereocenters. The van der Waals surface area contributed by atoms with E-state index < -0.39 is 0 Å². The maximum absolute atomic E-state index is 4.49. The molecule has 1 heterocycles. The molecule has 4 heteroatoms. The fourth-order valence-corrected chi connectivity index (χ4v) is 1.70. The van der Waals surface area contributed by atoms with Gasteiger partial charge in [0.25, 0.3) is 0 Å². The van der Waals surface area contributed by atoms with Crippen LogP contribution in [0.1, 0.15) is 52.4 Å². The molecule has 0 saturated carbocycles. The van der Waals surface area contributed by atoms with Gasteiger partial charge in [-0.15, -0.1) is 0 Å². The van der Waals surface area contributed by atoms with Crippen LogP contribution in [-0.4, -0.2) is 21.3 Å². The molecule has 92 valence electrons. The molecule has 0 aromatic carbocycles. The zero-order chi connectivity index (χ0) is 12.0. The third kappa shape index (κ3) is 3.93. The summed E-state index contributed by atoms with van der Waals surface area (Å²) in [5.41, 5.74) is 0. The molecule has 0 aliphatic carbocycles. The van der Waals surface area contributed by atoms with Crippen LogP contribution in [0.25, 0.3) is 0 Å². The van der Waals surface area contributed by atoms with Gasteiger partial charge in [0.1, 0.15) is 6.33 Å². The lowest BCUT2D eigenvalue weighted by molar-refractivity contribution is 0.423. The van der Waals surface area contributed by atoms with Crippen LogP contribution >= 0.6 is 0 Å². The maximum atomic E-state index is 4.49. The van der Waals surface area contributed by atoms with Crippen LogP contribution in [0.5, 0.6) is 0 Å². The van der Waals surface area contributed by atoms with E-state index in [1.54, 1.807) is 0 Å². The number of hydrogen-bond acceptors (Lipinski definition) is 3. The summed E-state index contributed by atoms with van der Waals surface area (Å²) < 4.78 is 1.99. The fourth-order valence-electron chi connectivity index (χ4n) is 1.70. The van der Waals surface area contributed by atoms with Crippen molar-refractivity contribution in [2.24, 2.45) is 5.92 Å². The maximum Gasteiger partial charge on any atom is 0.164 e. The van der Waals surface area contributed by atoms with E-state index in [0.717, 1.165) is 31.8 Å². The zero-order valence-electron chi connectivity index (χ0n) is 10.9. The van der Waals surface area contributed by atoms with Crippen molar-refractivity contribution in [3.8, 4) is 0 Å². The SMILES string of the molecule is CCC(CC)n1cnc(CNCC(C)C)n1. The second-order valence-electron chi connectivity index (χ2n) is 4.64. The minimum absolute atomic E-state index is 0.492. The van der Waals surface area contributed by atoms with Crippen molar-refractivity contribution < 1.29 is 0 Å². The van der Waals surface area contributed by atoms with Gasteiger partial charge < -0.3 is 5.32 Å². The molecule has 1 aromatic heterocycles. The van der Waals surface area contributed by atoms with E-state index >= 15 is 0 Å². The van der Waals surface area contributed by atoms with Gasteiger partial charge in [0.05, 0.1) is 12.6 Å². The summed E-state index contributed by atoms with van der Waals surface area (Å²) in [6, 6.07) is 0.492. The lowest BCUT2D eigenvalue weighted by Gasteiger charge is -2.11. The Bertz CT molecular complexity index is 289. The number of nitrogens with zero attached hydrogens (tertiary/aromatic N) is 3. The highest BCUT2D eigenvalue weighted by molar-refractivity contribution is 4.82.